The Morgan fingerprint density at radius 1 is 1.44 bits per heavy atom. The Hall–Kier alpha value is -0.610. The summed E-state index contributed by atoms with van der Waals surface area (Å²) in [7, 11) is -3.01. The minimum atomic E-state index is -3.01. The van der Waals surface area contributed by atoms with Crippen LogP contribution in [0.2, 0.25) is 0 Å². The fourth-order valence-corrected chi connectivity index (χ4v) is 5.07. The first-order valence-electron chi connectivity index (χ1n) is 6.26. The molecule has 18 heavy (non-hydrogen) atoms. The molecule has 1 aliphatic rings. The molecule has 1 aromatic heterocycles. The van der Waals surface area contributed by atoms with Crippen LogP contribution in [-0.4, -0.2) is 29.8 Å². The minimum absolute atomic E-state index is 0.280. The van der Waals surface area contributed by atoms with E-state index in [-0.39, 0.29) is 11.1 Å². The quantitative estimate of drug-likeness (QED) is 0.803. The molecule has 1 aromatic rings. The molecule has 0 saturated carbocycles. The van der Waals surface area contributed by atoms with Crippen molar-refractivity contribution in [1.29, 1.82) is 0 Å². The van der Waals surface area contributed by atoms with Gasteiger partial charge < -0.3 is 0 Å². The van der Waals surface area contributed by atoms with Gasteiger partial charge in [-0.1, -0.05) is 12.5 Å². The molecule has 0 radical (unpaired) electrons. The van der Waals surface area contributed by atoms with Gasteiger partial charge in [-0.3, -0.25) is 4.98 Å². The summed E-state index contributed by atoms with van der Waals surface area (Å²) >= 11 is 6.30. The van der Waals surface area contributed by atoms with Gasteiger partial charge in [0.2, 0.25) is 0 Å². The fraction of sp³-hybridized carbons (Fsp3) is 0.615. The average Bonchev–Trinajstić information content (AvgIpc) is 2.31. The van der Waals surface area contributed by atoms with E-state index in [0.29, 0.717) is 12.8 Å². The predicted molar refractivity (Wildman–Crippen MR) is 73.7 cm³/mol. The van der Waals surface area contributed by atoms with E-state index in [0.717, 1.165) is 24.1 Å². The van der Waals surface area contributed by atoms with Gasteiger partial charge >= 0.3 is 0 Å². The molecular weight excluding hydrogens is 270 g/mol. The van der Waals surface area contributed by atoms with Gasteiger partial charge in [0.25, 0.3) is 0 Å². The zero-order valence-corrected chi connectivity index (χ0v) is 12.0. The van der Waals surface area contributed by atoms with Crippen LogP contribution in [0.4, 0.5) is 0 Å². The average molecular weight is 288 g/mol. The van der Waals surface area contributed by atoms with Gasteiger partial charge in [0.05, 0.1) is 16.4 Å². The lowest BCUT2D eigenvalue weighted by atomic mass is 10.1. The summed E-state index contributed by atoms with van der Waals surface area (Å²) in [4.78, 5) is 4.28. The normalized spacial score (nSPS) is 24.7. The molecule has 0 N–H and O–H groups in total. The molecule has 0 aromatic carbocycles. The smallest absolute Gasteiger partial charge is 0.154 e. The summed E-state index contributed by atoms with van der Waals surface area (Å²) in [6.45, 7) is 1.97. The lowest BCUT2D eigenvalue weighted by Gasteiger charge is -2.26. The van der Waals surface area contributed by atoms with Crippen molar-refractivity contribution in [1.82, 2.24) is 4.98 Å². The first-order chi connectivity index (χ1) is 8.49. The molecule has 1 fully saturated rings. The number of halogens is 1. The minimum Gasteiger partial charge on any atom is -0.261 e. The zero-order valence-electron chi connectivity index (χ0n) is 10.5. The van der Waals surface area contributed by atoms with E-state index >= 15 is 0 Å². The number of alkyl halides is 1. The number of sulfone groups is 1. The van der Waals surface area contributed by atoms with Crippen LogP contribution < -0.4 is 0 Å². The maximum atomic E-state index is 12.0. The van der Waals surface area contributed by atoms with Gasteiger partial charge in [0, 0.05) is 18.3 Å². The second-order valence-electron chi connectivity index (χ2n) is 4.95. The van der Waals surface area contributed by atoms with Crippen LogP contribution in [0, 0.1) is 6.92 Å². The van der Waals surface area contributed by atoms with Crippen molar-refractivity contribution in [2.75, 3.05) is 5.75 Å². The molecule has 3 nitrogen and oxygen atoms in total. The maximum Gasteiger partial charge on any atom is 0.154 e. The largest absolute Gasteiger partial charge is 0.261 e. The highest BCUT2D eigenvalue weighted by molar-refractivity contribution is 7.92. The third-order valence-corrected chi connectivity index (χ3v) is 6.36. The summed E-state index contributed by atoms with van der Waals surface area (Å²) < 4.78 is 23.9. The molecule has 2 heterocycles. The van der Waals surface area contributed by atoms with E-state index in [1.165, 1.54) is 0 Å². The summed E-state index contributed by atoms with van der Waals surface area (Å²) in [6, 6.07) is 3.89. The molecule has 2 atom stereocenters. The molecule has 0 bridgehead atoms. The molecule has 1 saturated heterocycles. The zero-order chi connectivity index (χ0) is 13.2. The monoisotopic (exact) mass is 287 g/mol. The molecule has 5 heteroatoms. The number of aromatic nitrogens is 1. The lowest BCUT2D eigenvalue weighted by Crippen LogP contribution is -2.36. The third kappa shape index (κ3) is 3.23. The van der Waals surface area contributed by atoms with Gasteiger partial charge in [0.15, 0.2) is 9.84 Å². The SMILES string of the molecule is Cc1ccc(CC(Cl)C2CCCCS2(=O)=O)nc1. The molecule has 100 valence electrons. The molecule has 1 aliphatic heterocycles. The topological polar surface area (TPSA) is 47.0 Å². The van der Waals surface area contributed by atoms with Gasteiger partial charge in [-0.2, -0.15) is 0 Å². The van der Waals surface area contributed by atoms with Crippen LogP contribution in [0.25, 0.3) is 0 Å². The highest BCUT2D eigenvalue weighted by Gasteiger charge is 2.34. The van der Waals surface area contributed by atoms with Crippen molar-refractivity contribution in [3.05, 3.63) is 29.6 Å². The number of nitrogens with zero attached hydrogens (tertiary/aromatic N) is 1. The molecular formula is C13H18ClNO2S. The Morgan fingerprint density at radius 2 is 2.22 bits per heavy atom. The first-order valence-corrected chi connectivity index (χ1v) is 8.41. The van der Waals surface area contributed by atoms with E-state index < -0.39 is 15.1 Å². The van der Waals surface area contributed by atoms with Crippen LogP contribution in [0.3, 0.4) is 0 Å². The molecule has 2 rings (SSSR count). The predicted octanol–water partition coefficient (Wildman–Crippen LogP) is 2.51. The maximum absolute atomic E-state index is 12.0. The Balaban J connectivity index is 2.07. The van der Waals surface area contributed by atoms with Crippen LogP contribution in [0.1, 0.15) is 30.5 Å². The second-order valence-corrected chi connectivity index (χ2v) is 7.85. The van der Waals surface area contributed by atoms with Crippen molar-refractivity contribution in [2.45, 2.75) is 43.2 Å². The van der Waals surface area contributed by atoms with Gasteiger partial charge in [-0.05, 0) is 31.4 Å². The number of rotatable bonds is 3. The van der Waals surface area contributed by atoms with E-state index in [9.17, 15) is 8.42 Å². The van der Waals surface area contributed by atoms with Crippen molar-refractivity contribution >= 4 is 21.4 Å². The van der Waals surface area contributed by atoms with E-state index in [1.807, 2.05) is 19.1 Å². The van der Waals surface area contributed by atoms with Crippen LogP contribution >= 0.6 is 11.6 Å². The van der Waals surface area contributed by atoms with E-state index in [2.05, 4.69) is 4.98 Å². The molecule has 0 spiro atoms. The summed E-state index contributed by atoms with van der Waals surface area (Å²) in [6.07, 6.45) is 4.71. The fourth-order valence-electron chi connectivity index (χ4n) is 2.34. The van der Waals surface area contributed by atoms with Crippen molar-refractivity contribution in [3.8, 4) is 0 Å². The van der Waals surface area contributed by atoms with Crippen molar-refractivity contribution < 1.29 is 8.42 Å². The summed E-state index contributed by atoms with van der Waals surface area (Å²) in [5.41, 5.74) is 1.96. The molecule has 2 unspecified atom stereocenters. The second kappa shape index (κ2) is 5.57. The lowest BCUT2D eigenvalue weighted by molar-refractivity contribution is 0.528. The van der Waals surface area contributed by atoms with E-state index in [1.54, 1.807) is 6.20 Å². The number of hydrogen-bond acceptors (Lipinski definition) is 3. The number of aryl methyl sites for hydroxylation is 1. The summed E-state index contributed by atoms with van der Waals surface area (Å²) in [5, 5.41) is -0.776. The molecule has 0 amide bonds. The van der Waals surface area contributed by atoms with Crippen molar-refractivity contribution in [2.24, 2.45) is 0 Å². The van der Waals surface area contributed by atoms with Crippen LogP contribution in [0.5, 0.6) is 0 Å². The highest BCUT2D eigenvalue weighted by Crippen LogP contribution is 2.26. The highest BCUT2D eigenvalue weighted by atomic mass is 35.5. The number of hydrogen-bond donors (Lipinski definition) is 0. The first kappa shape index (κ1) is 13.8. The number of pyridine rings is 1. The summed E-state index contributed by atoms with van der Waals surface area (Å²) in [5.74, 6) is 0.280. The van der Waals surface area contributed by atoms with Crippen LogP contribution in [-0.2, 0) is 16.3 Å². The van der Waals surface area contributed by atoms with E-state index in [4.69, 9.17) is 11.6 Å². The van der Waals surface area contributed by atoms with Crippen molar-refractivity contribution in [3.63, 3.8) is 0 Å². The van der Waals surface area contributed by atoms with Gasteiger partial charge in [-0.25, -0.2) is 8.42 Å². The standard InChI is InChI=1S/C13H18ClNO2S/c1-10-5-6-11(15-9-10)8-12(14)13-4-2-3-7-18(13,16)17/h5-6,9,12-13H,2-4,7-8H2,1H3. The Kier molecular flexibility index (Phi) is 4.28. The Morgan fingerprint density at radius 3 is 2.83 bits per heavy atom. The Bertz CT molecular complexity index is 498. The Labute approximate surface area is 113 Å². The molecule has 0 aliphatic carbocycles. The van der Waals surface area contributed by atoms with Gasteiger partial charge in [0.1, 0.15) is 0 Å². The third-order valence-electron chi connectivity index (χ3n) is 3.41. The van der Waals surface area contributed by atoms with Gasteiger partial charge in [-0.15, -0.1) is 11.6 Å². The van der Waals surface area contributed by atoms with Crippen LogP contribution in [0.15, 0.2) is 18.3 Å².